The maximum atomic E-state index is 12.6. The first-order valence-electron chi connectivity index (χ1n) is 10.4. The third-order valence-corrected chi connectivity index (χ3v) is 5.10. The molecule has 0 aliphatic rings. The summed E-state index contributed by atoms with van der Waals surface area (Å²) in [6.45, 7) is 3.92. The molecule has 0 N–H and O–H groups in total. The molecule has 0 aliphatic carbocycles. The van der Waals surface area contributed by atoms with Crippen molar-refractivity contribution >= 4 is 0 Å². The predicted molar refractivity (Wildman–Crippen MR) is 118 cm³/mol. The van der Waals surface area contributed by atoms with Crippen molar-refractivity contribution in [3.8, 4) is 22.8 Å². The smallest absolute Gasteiger partial charge is 0.272 e. The van der Waals surface area contributed by atoms with Crippen LogP contribution in [0.25, 0.3) is 17.1 Å². The fourth-order valence-corrected chi connectivity index (χ4v) is 3.31. The maximum absolute atomic E-state index is 12.6. The molecule has 33 heavy (non-hydrogen) atoms. The molecule has 3 aromatic heterocycles. The highest BCUT2D eigenvalue weighted by Gasteiger charge is 2.16. The lowest BCUT2D eigenvalue weighted by atomic mass is 9.95. The van der Waals surface area contributed by atoms with E-state index in [1.54, 1.807) is 21.8 Å². The Morgan fingerprint density at radius 3 is 2.61 bits per heavy atom. The molecule has 170 valence electrons. The second kappa shape index (κ2) is 9.68. The average molecular weight is 452 g/mol. The normalized spacial score (nSPS) is 12.2. The van der Waals surface area contributed by atoms with E-state index >= 15 is 0 Å². The Bertz CT molecular complexity index is 1290. The van der Waals surface area contributed by atoms with Gasteiger partial charge in [-0.3, -0.25) is 9.48 Å². The molecule has 0 aliphatic heterocycles. The van der Waals surface area contributed by atoms with Gasteiger partial charge >= 0.3 is 0 Å². The summed E-state index contributed by atoms with van der Waals surface area (Å²) < 4.78 is 32.9. The molecular formula is C23H22F2N6O2. The molecule has 0 bridgehead atoms. The van der Waals surface area contributed by atoms with Crippen LogP contribution in [0.1, 0.15) is 31.0 Å². The van der Waals surface area contributed by atoms with Crippen LogP contribution in [0.15, 0.2) is 66.1 Å². The zero-order valence-electron chi connectivity index (χ0n) is 18.1. The zero-order chi connectivity index (χ0) is 23.4. The van der Waals surface area contributed by atoms with Crippen molar-refractivity contribution in [3.05, 3.63) is 82.8 Å². The minimum Gasteiger partial charge on any atom is -0.484 e. The summed E-state index contributed by atoms with van der Waals surface area (Å²) in [7, 11) is 0. The van der Waals surface area contributed by atoms with E-state index in [4.69, 9.17) is 4.74 Å². The van der Waals surface area contributed by atoms with E-state index in [1.165, 1.54) is 18.5 Å². The summed E-state index contributed by atoms with van der Waals surface area (Å²) in [6.07, 6.45) is 5.32. The molecule has 0 fully saturated rings. The Balaban J connectivity index is 1.59. The topological polar surface area (TPSA) is 87.7 Å². The van der Waals surface area contributed by atoms with Crippen molar-refractivity contribution in [2.24, 2.45) is 0 Å². The van der Waals surface area contributed by atoms with Gasteiger partial charge in [-0.05, 0) is 18.6 Å². The number of benzene rings is 1. The van der Waals surface area contributed by atoms with Crippen molar-refractivity contribution in [2.75, 3.05) is 6.61 Å². The summed E-state index contributed by atoms with van der Waals surface area (Å²) in [5, 5.41) is 8.81. The van der Waals surface area contributed by atoms with E-state index in [0.29, 0.717) is 11.5 Å². The molecule has 0 spiro atoms. The van der Waals surface area contributed by atoms with Gasteiger partial charge in [0.25, 0.3) is 6.43 Å². The summed E-state index contributed by atoms with van der Waals surface area (Å²) in [5.74, 6) is 0.294. The summed E-state index contributed by atoms with van der Waals surface area (Å²) in [4.78, 5) is 21.0. The van der Waals surface area contributed by atoms with Crippen LogP contribution in [0.5, 0.6) is 5.75 Å². The van der Waals surface area contributed by atoms with Gasteiger partial charge in [0.15, 0.2) is 11.6 Å². The molecule has 1 atom stereocenters. The molecule has 4 aromatic rings. The molecule has 4 rings (SSSR count). The molecule has 1 unspecified atom stereocenters. The van der Waals surface area contributed by atoms with E-state index < -0.39 is 13.0 Å². The second-order valence-electron chi connectivity index (χ2n) is 7.36. The van der Waals surface area contributed by atoms with Crippen LogP contribution in [-0.4, -0.2) is 42.6 Å². The molecule has 1 aromatic carbocycles. The molecular weight excluding hydrogens is 430 g/mol. The number of aromatic nitrogens is 6. The largest absolute Gasteiger partial charge is 0.484 e. The SMILES string of the molecule is CCn1cc(-n2ccc(=O)c(C(C)c3cccc(-c4ncc(OCC(F)F)cn4)c3)n2)cn1. The molecule has 10 heteroatoms. The highest BCUT2D eigenvalue weighted by Crippen LogP contribution is 2.25. The fraction of sp³-hybridized carbons (Fsp3) is 0.261. The molecule has 0 radical (unpaired) electrons. The molecule has 0 saturated carbocycles. The van der Waals surface area contributed by atoms with Crippen LogP contribution >= 0.6 is 0 Å². The van der Waals surface area contributed by atoms with Crippen LogP contribution in [0, 0.1) is 0 Å². The molecule has 0 saturated heterocycles. The predicted octanol–water partition coefficient (Wildman–Crippen LogP) is 3.70. The number of nitrogens with zero attached hydrogens (tertiary/aromatic N) is 6. The van der Waals surface area contributed by atoms with Crippen molar-refractivity contribution in [2.45, 2.75) is 32.7 Å². The molecule has 0 amide bonds. The van der Waals surface area contributed by atoms with Crippen molar-refractivity contribution in [3.63, 3.8) is 0 Å². The number of aryl methyl sites for hydroxylation is 1. The summed E-state index contributed by atoms with van der Waals surface area (Å²) in [6, 6.07) is 8.96. The van der Waals surface area contributed by atoms with Gasteiger partial charge in [-0.1, -0.05) is 25.1 Å². The van der Waals surface area contributed by atoms with Crippen LogP contribution < -0.4 is 10.2 Å². The lowest BCUT2D eigenvalue weighted by Crippen LogP contribution is -2.18. The van der Waals surface area contributed by atoms with E-state index in [1.807, 2.05) is 44.3 Å². The number of hydrogen-bond acceptors (Lipinski definition) is 6. The van der Waals surface area contributed by atoms with Gasteiger partial charge in [-0.15, -0.1) is 0 Å². The minimum atomic E-state index is -2.57. The first-order chi connectivity index (χ1) is 15.9. The van der Waals surface area contributed by atoms with Gasteiger partial charge in [0.2, 0.25) is 5.43 Å². The highest BCUT2D eigenvalue weighted by molar-refractivity contribution is 5.57. The Hall–Kier alpha value is -3.95. The van der Waals surface area contributed by atoms with Gasteiger partial charge in [-0.2, -0.15) is 10.2 Å². The van der Waals surface area contributed by atoms with Crippen LogP contribution in [-0.2, 0) is 6.54 Å². The van der Waals surface area contributed by atoms with Crippen LogP contribution in [0.2, 0.25) is 0 Å². The Kier molecular flexibility index (Phi) is 6.53. The number of alkyl halides is 2. The quantitative estimate of drug-likeness (QED) is 0.405. The van der Waals surface area contributed by atoms with E-state index in [-0.39, 0.29) is 17.1 Å². The fourth-order valence-electron chi connectivity index (χ4n) is 3.31. The van der Waals surface area contributed by atoms with Crippen molar-refractivity contribution in [1.29, 1.82) is 0 Å². The Labute approximate surface area is 188 Å². The van der Waals surface area contributed by atoms with Gasteiger partial charge < -0.3 is 4.74 Å². The standard InChI is InChI=1S/C23H22F2N6O2/c1-3-30-13-18(10-28-30)31-8-7-20(32)22(29-31)15(2)16-5-4-6-17(9-16)23-26-11-19(12-27-23)33-14-21(24)25/h4-13,15,21H,3,14H2,1-2H3. The second-order valence-corrected chi connectivity index (χ2v) is 7.36. The third-order valence-electron chi connectivity index (χ3n) is 5.10. The van der Waals surface area contributed by atoms with Crippen LogP contribution in [0.4, 0.5) is 8.78 Å². The Morgan fingerprint density at radius 2 is 1.91 bits per heavy atom. The third kappa shape index (κ3) is 5.11. The first kappa shape index (κ1) is 22.3. The van der Waals surface area contributed by atoms with Gasteiger partial charge in [-0.25, -0.2) is 23.4 Å². The number of ether oxygens (including phenoxy) is 1. The highest BCUT2D eigenvalue weighted by atomic mass is 19.3. The Morgan fingerprint density at radius 1 is 1.12 bits per heavy atom. The first-order valence-corrected chi connectivity index (χ1v) is 10.4. The van der Waals surface area contributed by atoms with Gasteiger partial charge in [0, 0.05) is 30.3 Å². The number of hydrogen-bond donors (Lipinski definition) is 0. The summed E-state index contributed by atoms with van der Waals surface area (Å²) in [5.41, 5.74) is 2.59. The zero-order valence-corrected chi connectivity index (χ0v) is 18.1. The number of rotatable bonds is 8. The lowest BCUT2D eigenvalue weighted by Gasteiger charge is -2.13. The average Bonchev–Trinajstić information content (AvgIpc) is 3.32. The van der Waals surface area contributed by atoms with E-state index in [2.05, 4.69) is 20.2 Å². The van der Waals surface area contributed by atoms with Crippen molar-refractivity contribution < 1.29 is 13.5 Å². The number of halogens is 2. The van der Waals surface area contributed by atoms with E-state index in [9.17, 15) is 13.6 Å². The summed E-state index contributed by atoms with van der Waals surface area (Å²) >= 11 is 0. The van der Waals surface area contributed by atoms with E-state index in [0.717, 1.165) is 23.4 Å². The van der Waals surface area contributed by atoms with Gasteiger partial charge in [0.1, 0.15) is 18.0 Å². The van der Waals surface area contributed by atoms with Crippen LogP contribution in [0.3, 0.4) is 0 Å². The molecule has 8 nitrogen and oxygen atoms in total. The molecule has 3 heterocycles. The lowest BCUT2D eigenvalue weighted by molar-refractivity contribution is 0.0815. The maximum Gasteiger partial charge on any atom is 0.272 e. The minimum absolute atomic E-state index is 0.163. The monoisotopic (exact) mass is 452 g/mol. The van der Waals surface area contributed by atoms with Gasteiger partial charge in [0.05, 0.1) is 24.8 Å². The van der Waals surface area contributed by atoms with Crippen molar-refractivity contribution in [1.82, 2.24) is 29.5 Å².